The van der Waals surface area contributed by atoms with Gasteiger partial charge in [0, 0.05) is 22.2 Å². The van der Waals surface area contributed by atoms with Gasteiger partial charge in [-0.3, -0.25) is 4.79 Å². The van der Waals surface area contributed by atoms with E-state index in [1.165, 1.54) is 0 Å². The maximum Gasteiger partial charge on any atom is 0.265 e. The van der Waals surface area contributed by atoms with Gasteiger partial charge in [0.15, 0.2) is 18.1 Å². The zero-order valence-electron chi connectivity index (χ0n) is 16.0. The number of oxime groups is 1. The fourth-order valence-electron chi connectivity index (χ4n) is 2.78. The van der Waals surface area contributed by atoms with Crippen molar-refractivity contribution < 1.29 is 19.1 Å². The van der Waals surface area contributed by atoms with E-state index in [4.69, 9.17) is 14.3 Å². The van der Waals surface area contributed by atoms with Gasteiger partial charge in [-0.05, 0) is 44.2 Å². The number of aryl methyl sites for hydroxylation is 1. The number of nitrogens with one attached hydrogen (secondary N) is 1. The molecule has 7 nitrogen and oxygen atoms in total. The Morgan fingerprint density at radius 1 is 1.21 bits per heavy atom. The van der Waals surface area contributed by atoms with E-state index < -0.39 is 0 Å². The maximum absolute atomic E-state index is 12.1. The average Bonchev–Trinajstić information content (AvgIpc) is 3.36. The van der Waals surface area contributed by atoms with E-state index in [0.29, 0.717) is 22.9 Å². The van der Waals surface area contributed by atoms with Crippen LogP contribution in [0.3, 0.4) is 0 Å². The number of carbonyl (C=O) groups excluding carboxylic acids is 1. The molecule has 1 N–H and O–H groups in total. The molecule has 0 atom stereocenters. The number of ether oxygens (including phenoxy) is 2. The van der Waals surface area contributed by atoms with Crippen LogP contribution < -0.4 is 14.8 Å². The molecule has 1 aromatic heterocycles. The lowest BCUT2D eigenvalue weighted by atomic mass is 10.1. The number of benzene rings is 2. The first-order chi connectivity index (χ1) is 14.1. The van der Waals surface area contributed by atoms with Crippen molar-refractivity contribution in [1.82, 2.24) is 4.98 Å². The molecule has 3 aromatic rings. The van der Waals surface area contributed by atoms with Gasteiger partial charge in [-0.25, -0.2) is 4.98 Å². The van der Waals surface area contributed by atoms with Crippen LogP contribution in [0.4, 0.5) is 5.69 Å². The lowest BCUT2D eigenvalue weighted by molar-refractivity contribution is -0.120. The van der Waals surface area contributed by atoms with Crippen LogP contribution in [-0.2, 0) is 9.63 Å². The zero-order valence-corrected chi connectivity index (χ0v) is 16.8. The quantitative estimate of drug-likeness (QED) is 0.487. The Hall–Kier alpha value is -3.39. The van der Waals surface area contributed by atoms with Crippen molar-refractivity contribution in [3.63, 3.8) is 0 Å². The van der Waals surface area contributed by atoms with Crippen LogP contribution in [0.2, 0.25) is 0 Å². The summed E-state index contributed by atoms with van der Waals surface area (Å²) in [5.74, 6) is 1.09. The number of hydrogen-bond donors (Lipinski definition) is 1. The Labute approximate surface area is 171 Å². The van der Waals surface area contributed by atoms with Crippen molar-refractivity contribution in [2.75, 3.05) is 18.7 Å². The summed E-state index contributed by atoms with van der Waals surface area (Å²) in [7, 11) is 0. The highest BCUT2D eigenvalue weighted by Crippen LogP contribution is 2.32. The molecule has 29 heavy (non-hydrogen) atoms. The average molecular weight is 409 g/mol. The second kappa shape index (κ2) is 8.32. The minimum Gasteiger partial charge on any atom is -0.454 e. The number of nitrogens with zero attached hydrogens (tertiary/aromatic N) is 2. The summed E-state index contributed by atoms with van der Waals surface area (Å²) in [6.07, 6.45) is 0. The minimum atomic E-state index is -0.288. The minimum absolute atomic E-state index is 0.186. The molecular formula is C21H19N3O4S. The first-order valence-electron chi connectivity index (χ1n) is 8.97. The molecule has 0 bridgehead atoms. The third kappa shape index (κ3) is 4.55. The third-order valence-electron chi connectivity index (χ3n) is 4.27. The summed E-state index contributed by atoms with van der Waals surface area (Å²) < 4.78 is 10.6. The van der Waals surface area contributed by atoms with Gasteiger partial charge in [0.05, 0.1) is 16.4 Å². The lowest BCUT2D eigenvalue weighted by Crippen LogP contribution is -2.17. The second-order valence-corrected chi connectivity index (χ2v) is 7.46. The fraction of sp³-hybridized carbons (Fsp3) is 0.190. The highest BCUT2D eigenvalue weighted by molar-refractivity contribution is 7.09. The van der Waals surface area contributed by atoms with Crippen molar-refractivity contribution in [2.24, 2.45) is 5.16 Å². The Morgan fingerprint density at radius 2 is 2.00 bits per heavy atom. The SMILES string of the molecule is C/C(=N/OCC(=O)Nc1ccc(-c2csc(C)n2)cc1)c1ccc2c(c1)OCO2. The Kier molecular flexibility index (Phi) is 5.44. The first-order valence-corrected chi connectivity index (χ1v) is 9.85. The third-order valence-corrected chi connectivity index (χ3v) is 5.04. The molecule has 2 aromatic carbocycles. The highest BCUT2D eigenvalue weighted by Gasteiger charge is 2.14. The van der Waals surface area contributed by atoms with Crippen LogP contribution in [0.1, 0.15) is 17.5 Å². The van der Waals surface area contributed by atoms with Gasteiger partial charge in [0.25, 0.3) is 5.91 Å². The number of thiazole rings is 1. The molecular weight excluding hydrogens is 390 g/mol. The molecule has 2 heterocycles. The molecule has 0 saturated heterocycles. The zero-order chi connectivity index (χ0) is 20.2. The molecule has 0 fully saturated rings. The standard InChI is InChI=1S/C21H19N3O4S/c1-13(16-5-8-19-20(9-16)27-12-26-19)24-28-10-21(25)23-17-6-3-15(4-7-17)18-11-29-14(2)22-18/h3-9,11H,10,12H2,1-2H3,(H,23,25)/b24-13-. The second-order valence-electron chi connectivity index (χ2n) is 6.40. The van der Waals surface area contributed by atoms with Crippen LogP contribution in [0.25, 0.3) is 11.3 Å². The number of carbonyl (C=O) groups is 1. The van der Waals surface area contributed by atoms with Crippen LogP contribution in [0.5, 0.6) is 11.5 Å². The van der Waals surface area contributed by atoms with Gasteiger partial charge in [-0.1, -0.05) is 17.3 Å². The van der Waals surface area contributed by atoms with Crippen LogP contribution in [-0.4, -0.2) is 30.0 Å². The molecule has 1 aliphatic rings. The topological polar surface area (TPSA) is 82.0 Å². The number of amides is 1. The number of hydrogen-bond acceptors (Lipinski definition) is 7. The summed E-state index contributed by atoms with van der Waals surface area (Å²) in [5.41, 5.74) is 4.10. The van der Waals surface area contributed by atoms with E-state index in [1.54, 1.807) is 18.3 Å². The Bertz CT molecular complexity index is 1060. The number of fused-ring (bicyclic) bond motifs is 1. The van der Waals surface area contributed by atoms with Crippen LogP contribution in [0, 0.1) is 6.92 Å². The molecule has 0 aliphatic carbocycles. The largest absolute Gasteiger partial charge is 0.454 e. The van der Waals surface area contributed by atoms with E-state index in [1.807, 2.05) is 54.8 Å². The number of anilines is 1. The first kappa shape index (κ1) is 18.9. The highest BCUT2D eigenvalue weighted by atomic mass is 32.1. The summed E-state index contributed by atoms with van der Waals surface area (Å²) in [6, 6.07) is 13.0. The van der Waals surface area contributed by atoms with Crippen molar-refractivity contribution in [3.05, 3.63) is 58.4 Å². The summed E-state index contributed by atoms with van der Waals surface area (Å²) in [6.45, 7) is 3.80. The van der Waals surface area contributed by atoms with Crippen molar-refractivity contribution in [2.45, 2.75) is 13.8 Å². The van der Waals surface area contributed by atoms with E-state index in [9.17, 15) is 4.79 Å². The van der Waals surface area contributed by atoms with Gasteiger partial charge in [-0.2, -0.15) is 0 Å². The number of rotatable bonds is 6. The molecule has 4 rings (SSSR count). The van der Waals surface area contributed by atoms with E-state index in [-0.39, 0.29) is 19.3 Å². The monoisotopic (exact) mass is 409 g/mol. The molecule has 0 radical (unpaired) electrons. The molecule has 1 aliphatic heterocycles. The van der Waals surface area contributed by atoms with Crippen LogP contribution in [0.15, 0.2) is 53.0 Å². The van der Waals surface area contributed by atoms with Gasteiger partial charge in [0.1, 0.15) is 0 Å². The predicted molar refractivity (Wildman–Crippen MR) is 112 cm³/mol. The molecule has 0 unspecified atom stereocenters. The van der Waals surface area contributed by atoms with E-state index in [0.717, 1.165) is 21.8 Å². The smallest absolute Gasteiger partial charge is 0.265 e. The van der Waals surface area contributed by atoms with Gasteiger partial charge < -0.3 is 19.6 Å². The molecule has 0 spiro atoms. The molecule has 1 amide bonds. The van der Waals surface area contributed by atoms with Gasteiger partial charge in [-0.15, -0.1) is 11.3 Å². The lowest BCUT2D eigenvalue weighted by Gasteiger charge is -2.06. The van der Waals surface area contributed by atoms with E-state index in [2.05, 4.69) is 15.5 Å². The van der Waals surface area contributed by atoms with Crippen LogP contribution >= 0.6 is 11.3 Å². The summed E-state index contributed by atoms with van der Waals surface area (Å²) in [4.78, 5) is 21.7. The van der Waals surface area contributed by atoms with Crippen molar-refractivity contribution >= 4 is 28.6 Å². The molecule has 8 heteroatoms. The van der Waals surface area contributed by atoms with E-state index >= 15 is 0 Å². The fourth-order valence-corrected chi connectivity index (χ4v) is 3.40. The summed E-state index contributed by atoms with van der Waals surface area (Å²) >= 11 is 1.61. The summed E-state index contributed by atoms with van der Waals surface area (Å²) in [5, 5.41) is 9.83. The van der Waals surface area contributed by atoms with Crippen molar-refractivity contribution in [3.8, 4) is 22.8 Å². The van der Waals surface area contributed by atoms with Gasteiger partial charge >= 0.3 is 0 Å². The maximum atomic E-state index is 12.1. The molecule has 148 valence electrons. The predicted octanol–water partition coefficient (Wildman–Crippen LogP) is 4.23. The number of aromatic nitrogens is 1. The normalized spacial score (nSPS) is 12.7. The van der Waals surface area contributed by atoms with Crippen molar-refractivity contribution in [1.29, 1.82) is 0 Å². The molecule has 0 saturated carbocycles. The Balaban J connectivity index is 1.30. The Morgan fingerprint density at radius 3 is 2.76 bits per heavy atom. The van der Waals surface area contributed by atoms with Gasteiger partial charge in [0.2, 0.25) is 6.79 Å².